The molecule has 2 aromatic carbocycles. The van der Waals surface area contributed by atoms with Gasteiger partial charge in [0.05, 0.1) is 11.7 Å². The van der Waals surface area contributed by atoms with Crippen molar-refractivity contribution in [3.8, 4) is 5.69 Å². The number of hydrogen-bond donors (Lipinski definition) is 0. The van der Waals surface area contributed by atoms with Crippen LogP contribution in [0.15, 0.2) is 34.0 Å². The summed E-state index contributed by atoms with van der Waals surface area (Å²) in [5, 5.41) is 5.24. The first-order valence-corrected chi connectivity index (χ1v) is 6.76. The van der Waals surface area contributed by atoms with E-state index in [4.69, 9.17) is 0 Å². The lowest BCUT2D eigenvalue weighted by molar-refractivity contribution is 0.647. The van der Waals surface area contributed by atoms with Gasteiger partial charge in [-0.15, -0.1) is 0 Å². The van der Waals surface area contributed by atoms with Crippen molar-refractivity contribution in [3.05, 3.63) is 56.0 Å². The molecule has 0 saturated carbocycles. The maximum atomic E-state index is 11.7. The van der Waals surface area contributed by atoms with Crippen LogP contribution in [0.2, 0.25) is 0 Å². The van der Waals surface area contributed by atoms with Gasteiger partial charge in [-0.25, -0.2) is 4.68 Å². The van der Waals surface area contributed by atoms with Crippen LogP contribution < -0.4 is 10.9 Å². The second-order valence-electron chi connectivity index (χ2n) is 5.68. The van der Waals surface area contributed by atoms with E-state index < -0.39 is 10.9 Å². The monoisotopic (exact) mass is 268 g/mol. The molecule has 0 atom stereocenters. The standard InChI is InChI=1S/C16H16N2O2/c1-9(2)6-11-4-5-12-8-17-18(13(12)7-11)14-10(3)15(19)16(14)20/h4-5,7-9H,6H2,1-3H3. The van der Waals surface area contributed by atoms with E-state index in [1.165, 1.54) is 5.56 Å². The number of fused-ring (bicyclic) bond motifs is 1. The molecule has 0 radical (unpaired) electrons. The Bertz CT molecular complexity index is 864. The van der Waals surface area contributed by atoms with E-state index in [9.17, 15) is 9.59 Å². The minimum absolute atomic E-state index is 0.401. The van der Waals surface area contributed by atoms with Gasteiger partial charge < -0.3 is 0 Å². The van der Waals surface area contributed by atoms with Crippen LogP contribution in [-0.2, 0) is 6.42 Å². The van der Waals surface area contributed by atoms with Gasteiger partial charge in [0.1, 0.15) is 5.69 Å². The van der Waals surface area contributed by atoms with E-state index in [-0.39, 0.29) is 0 Å². The minimum atomic E-state index is -0.443. The second kappa shape index (κ2) is 4.40. The Morgan fingerprint density at radius 3 is 2.60 bits per heavy atom. The molecule has 3 rings (SSSR count). The van der Waals surface area contributed by atoms with Gasteiger partial charge in [-0.05, 0) is 30.9 Å². The smallest absolute Gasteiger partial charge is 0.252 e. The van der Waals surface area contributed by atoms with Gasteiger partial charge in [-0.2, -0.15) is 5.10 Å². The Kier molecular flexibility index (Phi) is 2.82. The SMILES string of the molecule is Cc1c(-n2ncc3ccc(CC(C)C)cc32)c(=O)c1=O. The van der Waals surface area contributed by atoms with Crippen LogP contribution in [0.25, 0.3) is 16.6 Å². The van der Waals surface area contributed by atoms with Crippen molar-refractivity contribution < 1.29 is 0 Å². The molecule has 0 saturated heterocycles. The zero-order valence-corrected chi connectivity index (χ0v) is 11.8. The molecular formula is C16H16N2O2. The topological polar surface area (TPSA) is 52.0 Å². The average molecular weight is 268 g/mol. The lowest BCUT2D eigenvalue weighted by atomic mass is 10.0. The first-order chi connectivity index (χ1) is 9.49. The molecule has 0 fully saturated rings. The zero-order chi connectivity index (χ0) is 14.4. The summed E-state index contributed by atoms with van der Waals surface area (Å²) in [6.07, 6.45) is 2.71. The highest BCUT2D eigenvalue weighted by Gasteiger charge is 2.20. The van der Waals surface area contributed by atoms with Crippen LogP contribution in [0.3, 0.4) is 0 Å². The molecule has 0 spiro atoms. The summed E-state index contributed by atoms with van der Waals surface area (Å²) >= 11 is 0. The fraction of sp³-hybridized carbons (Fsp3) is 0.312. The van der Waals surface area contributed by atoms with Crippen molar-refractivity contribution in [2.75, 3.05) is 0 Å². The highest BCUT2D eigenvalue weighted by atomic mass is 16.2. The van der Waals surface area contributed by atoms with Crippen LogP contribution in [0, 0.1) is 12.8 Å². The van der Waals surface area contributed by atoms with E-state index >= 15 is 0 Å². The van der Waals surface area contributed by atoms with Crippen molar-refractivity contribution in [1.82, 2.24) is 9.78 Å². The summed E-state index contributed by atoms with van der Waals surface area (Å²) in [5.74, 6) is 0.566. The normalized spacial score (nSPS) is 11.8. The van der Waals surface area contributed by atoms with Crippen LogP contribution >= 0.6 is 0 Å². The molecule has 1 aromatic heterocycles. The second-order valence-corrected chi connectivity index (χ2v) is 5.68. The predicted octanol–water partition coefficient (Wildman–Crippen LogP) is 2.13. The highest BCUT2D eigenvalue weighted by Crippen LogP contribution is 2.21. The van der Waals surface area contributed by atoms with Gasteiger partial charge in [-0.3, -0.25) is 9.59 Å². The largest absolute Gasteiger partial charge is 0.285 e. The fourth-order valence-electron chi connectivity index (χ4n) is 2.59. The molecule has 1 heterocycles. The van der Waals surface area contributed by atoms with E-state index in [2.05, 4.69) is 31.1 Å². The van der Waals surface area contributed by atoms with Crippen molar-refractivity contribution >= 4 is 10.9 Å². The predicted molar refractivity (Wildman–Crippen MR) is 79.3 cm³/mol. The third-order valence-electron chi connectivity index (χ3n) is 3.61. The van der Waals surface area contributed by atoms with Gasteiger partial charge in [0.15, 0.2) is 0 Å². The van der Waals surface area contributed by atoms with Gasteiger partial charge in [0.25, 0.3) is 5.43 Å². The summed E-state index contributed by atoms with van der Waals surface area (Å²) in [7, 11) is 0. The van der Waals surface area contributed by atoms with E-state index in [1.54, 1.807) is 17.8 Å². The molecule has 0 N–H and O–H groups in total. The number of rotatable bonds is 3. The third kappa shape index (κ3) is 1.80. The third-order valence-corrected chi connectivity index (χ3v) is 3.61. The van der Waals surface area contributed by atoms with E-state index in [0.717, 1.165) is 17.3 Å². The van der Waals surface area contributed by atoms with Crippen LogP contribution in [0.5, 0.6) is 0 Å². The van der Waals surface area contributed by atoms with Gasteiger partial charge in [-0.1, -0.05) is 26.0 Å². The first-order valence-electron chi connectivity index (χ1n) is 6.76. The highest BCUT2D eigenvalue weighted by molar-refractivity contribution is 5.81. The number of hydrogen-bond acceptors (Lipinski definition) is 3. The minimum Gasteiger partial charge on any atom is -0.285 e. The Labute approximate surface area is 116 Å². The first kappa shape index (κ1) is 12.8. The number of benzene rings is 1. The van der Waals surface area contributed by atoms with Gasteiger partial charge in [0, 0.05) is 10.9 Å². The van der Waals surface area contributed by atoms with Crippen molar-refractivity contribution in [1.29, 1.82) is 0 Å². The summed E-state index contributed by atoms with van der Waals surface area (Å²) < 4.78 is 1.60. The Hall–Kier alpha value is -2.23. The molecule has 0 aliphatic heterocycles. The summed E-state index contributed by atoms with van der Waals surface area (Å²) in [6, 6.07) is 6.15. The molecule has 0 bridgehead atoms. The van der Waals surface area contributed by atoms with Crippen LogP contribution in [0.1, 0.15) is 25.0 Å². The molecule has 20 heavy (non-hydrogen) atoms. The maximum absolute atomic E-state index is 11.7. The molecule has 3 aromatic rings. The van der Waals surface area contributed by atoms with Crippen molar-refractivity contribution in [2.45, 2.75) is 27.2 Å². The lowest BCUT2D eigenvalue weighted by Crippen LogP contribution is -2.38. The van der Waals surface area contributed by atoms with E-state index in [1.807, 2.05) is 6.07 Å². The average Bonchev–Trinajstić information content (AvgIpc) is 2.81. The van der Waals surface area contributed by atoms with Crippen LogP contribution in [-0.4, -0.2) is 9.78 Å². The fourth-order valence-corrected chi connectivity index (χ4v) is 2.59. The summed E-state index contributed by atoms with van der Waals surface area (Å²) in [4.78, 5) is 23.1. The molecule has 4 nitrogen and oxygen atoms in total. The molecule has 0 aliphatic carbocycles. The molecule has 4 heteroatoms. The molecule has 102 valence electrons. The molecule has 0 amide bonds. The van der Waals surface area contributed by atoms with E-state index in [0.29, 0.717) is 17.2 Å². The number of nitrogens with zero attached hydrogens (tertiary/aromatic N) is 2. The Morgan fingerprint density at radius 1 is 1.20 bits per heavy atom. The Balaban J connectivity index is 2.18. The summed E-state index contributed by atoms with van der Waals surface area (Å²) in [6.45, 7) is 6.01. The lowest BCUT2D eigenvalue weighted by Gasteiger charge is -2.09. The maximum Gasteiger partial charge on any atom is 0.252 e. The molecular weight excluding hydrogens is 252 g/mol. The van der Waals surface area contributed by atoms with Gasteiger partial charge in [0.2, 0.25) is 5.43 Å². The summed E-state index contributed by atoms with van der Waals surface area (Å²) in [5.41, 5.74) is 2.16. The van der Waals surface area contributed by atoms with Crippen molar-refractivity contribution in [2.24, 2.45) is 5.92 Å². The molecule has 0 unspecified atom stereocenters. The van der Waals surface area contributed by atoms with Crippen molar-refractivity contribution in [3.63, 3.8) is 0 Å². The number of aromatic nitrogens is 2. The quantitative estimate of drug-likeness (QED) is 0.684. The molecule has 0 aliphatic rings. The van der Waals surface area contributed by atoms with Crippen LogP contribution in [0.4, 0.5) is 0 Å². The van der Waals surface area contributed by atoms with Gasteiger partial charge >= 0.3 is 0 Å². The zero-order valence-electron chi connectivity index (χ0n) is 11.8. The Morgan fingerprint density at radius 2 is 1.95 bits per heavy atom.